The van der Waals surface area contributed by atoms with Gasteiger partial charge < -0.3 is 10.2 Å². The van der Waals surface area contributed by atoms with Crippen LogP contribution in [-0.4, -0.2) is 36.0 Å². The van der Waals surface area contributed by atoms with E-state index in [4.69, 9.17) is 0 Å². The molecule has 0 radical (unpaired) electrons. The highest BCUT2D eigenvalue weighted by atomic mass is 15.1. The molecule has 0 aliphatic heterocycles. The number of nitrogens with one attached hydrogen (secondary N) is 1. The maximum absolute atomic E-state index is 4.53. The van der Waals surface area contributed by atoms with E-state index in [9.17, 15) is 0 Å². The van der Waals surface area contributed by atoms with Gasteiger partial charge in [0, 0.05) is 18.8 Å². The number of hydrogen-bond acceptors (Lipinski definition) is 4. The lowest BCUT2D eigenvalue weighted by Crippen LogP contribution is -2.15. The maximum Gasteiger partial charge on any atom is 0.144 e. The van der Waals surface area contributed by atoms with Crippen LogP contribution in [0.1, 0.15) is 31.3 Å². The number of aromatic nitrogens is 2. The maximum atomic E-state index is 4.53. The fraction of sp³-hybridized carbons (Fsp3) is 0.636. The lowest BCUT2D eigenvalue weighted by molar-refractivity contribution is 0.389. The van der Waals surface area contributed by atoms with Crippen LogP contribution in [-0.2, 0) is 6.54 Å². The van der Waals surface area contributed by atoms with Crippen molar-refractivity contribution in [2.75, 3.05) is 26.5 Å². The Kier molecular flexibility index (Phi) is 4.03. The summed E-state index contributed by atoms with van der Waals surface area (Å²) >= 11 is 0. The molecule has 0 aromatic carbocycles. The first-order valence-electron chi connectivity index (χ1n) is 5.23. The molecule has 0 unspecified atom stereocenters. The zero-order valence-electron chi connectivity index (χ0n) is 10.2. The van der Waals surface area contributed by atoms with Crippen molar-refractivity contribution in [3.8, 4) is 0 Å². The minimum absolute atomic E-state index is 0.431. The highest BCUT2D eigenvalue weighted by molar-refractivity contribution is 5.36. The third kappa shape index (κ3) is 3.47. The molecular formula is C11H20N4. The summed E-state index contributed by atoms with van der Waals surface area (Å²) in [4.78, 5) is 11.0. The molecule has 0 saturated carbocycles. The summed E-state index contributed by atoms with van der Waals surface area (Å²) in [6.45, 7) is 5.05. The third-order valence-electron chi connectivity index (χ3n) is 2.10. The highest BCUT2D eigenvalue weighted by Gasteiger charge is 2.07. The Labute approximate surface area is 91.7 Å². The molecular weight excluding hydrogens is 188 g/mol. The van der Waals surface area contributed by atoms with Crippen molar-refractivity contribution in [2.24, 2.45) is 0 Å². The van der Waals surface area contributed by atoms with E-state index in [1.807, 2.05) is 27.2 Å². The molecule has 0 spiro atoms. The minimum Gasteiger partial charge on any atom is -0.373 e. The molecule has 4 heteroatoms. The Hall–Kier alpha value is -1.16. The normalized spacial score (nSPS) is 11.1. The van der Waals surface area contributed by atoms with E-state index < -0.39 is 0 Å². The number of anilines is 1. The topological polar surface area (TPSA) is 41.1 Å². The van der Waals surface area contributed by atoms with E-state index in [2.05, 4.69) is 34.0 Å². The molecule has 1 aromatic heterocycles. The lowest BCUT2D eigenvalue weighted by atomic mass is 10.1. The summed E-state index contributed by atoms with van der Waals surface area (Å²) < 4.78 is 0. The third-order valence-corrected chi connectivity index (χ3v) is 2.10. The average Bonchev–Trinajstić information content (AvgIpc) is 2.16. The standard InChI is InChI=1S/C11H20N4/c1-8(2)9-6-10(12-3)14-11(13-9)7-15(4)5/h6,8H,7H2,1-5H3,(H,12,13,14). The largest absolute Gasteiger partial charge is 0.373 e. The minimum atomic E-state index is 0.431. The molecule has 0 amide bonds. The monoisotopic (exact) mass is 208 g/mol. The van der Waals surface area contributed by atoms with E-state index in [0.29, 0.717) is 5.92 Å². The SMILES string of the molecule is CNc1cc(C(C)C)nc(CN(C)C)n1. The van der Waals surface area contributed by atoms with Gasteiger partial charge in [0.1, 0.15) is 11.6 Å². The van der Waals surface area contributed by atoms with Gasteiger partial charge >= 0.3 is 0 Å². The van der Waals surface area contributed by atoms with Crippen molar-refractivity contribution in [3.05, 3.63) is 17.6 Å². The molecule has 15 heavy (non-hydrogen) atoms. The van der Waals surface area contributed by atoms with Crippen molar-refractivity contribution >= 4 is 5.82 Å². The Bertz CT molecular complexity index is 320. The first-order valence-corrected chi connectivity index (χ1v) is 5.23. The van der Waals surface area contributed by atoms with Crippen molar-refractivity contribution < 1.29 is 0 Å². The van der Waals surface area contributed by atoms with E-state index in [-0.39, 0.29) is 0 Å². The van der Waals surface area contributed by atoms with Crippen LogP contribution in [0.3, 0.4) is 0 Å². The molecule has 1 N–H and O–H groups in total. The molecule has 0 aliphatic rings. The number of nitrogens with zero attached hydrogens (tertiary/aromatic N) is 3. The molecule has 1 rings (SSSR count). The highest BCUT2D eigenvalue weighted by Crippen LogP contribution is 2.15. The van der Waals surface area contributed by atoms with Crippen molar-refractivity contribution in [3.63, 3.8) is 0 Å². The van der Waals surface area contributed by atoms with Gasteiger partial charge in [-0.05, 0) is 20.0 Å². The van der Waals surface area contributed by atoms with Gasteiger partial charge in [-0.15, -0.1) is 0 Å². The zero-order chi connectivity index (χ0) is 11.4. The fourth-order valence-electron chi connectivity index (χ4n) is 1.30. The van der Waals surface area contributed by atoms with Crippen LogP contribution in [0, 0.1) is 0 Å². The Balaban J connectivity index is 3.00. The predicted molar refractivity (Wildman–Crippen MR) is 63.1 cm³/mol. The zero-order valence-corrected chi connectivity index (χ0v) is 10.2. The van der Waals surface area contributed by atoms with Gasteiger partial charge in [0.05, 0.1) is 6.54 Å². The summed E-state index contributed by atoms with van der Waals surface area (Å²) in [7, 11) is 5.92. The summed E-state index contributed by atoms with van der Waals surface area (Å²) in [5.41, 5.74) is 1.09. The van der Waals surface area contributed by atoms with Gasteiger partial charge in [-0.25, -0.2) is 9.97 Å². The summed E-state index contributed by atoms with van der Waals surface area (Å²) in [5.74, 6) is 2.20. The van der Waals surface area contributed by atoms with Crippen LogP contribution in [0.25, 0.3) is 0 Å². The van der Waals surface area contributed by atoms with Gasteiger partial charge in [0.15, 0.2) is 0 Å². The number of hydrogen-bond donors (Lipinski definition) is 1. The quantitative estimate of drug-likeness (QED) is 0.817. The van der Waals surface area contributed by atoms with Gasteiger partial charge in [0.2, 0.25) is 0 Å². The van der Waals surface area contributed by atoms with Gasteiger partial charge in [0.25, 0.3) is 0 Å². The van der Waals surface area contributed by atoms with Gasteiger partial charge in [-0.3, -0.25) is 0 Å². The lowest BCUT2D eigenvalue weighted by Gasteiger charge is -2.12. The second kappa shape index (κ2) is 5.07. The van der Waals surface area contributed by atoms with Crippen molar-refractivity contribution in [1.29, 1.82) is 0 Å². The van der Waals surface area contributed by atoms with E-state index >= 15 is 0 Å². The fourth-order valence-corrected chi connectivity index (χ4v) is 1.30. The smallest absolute Gasteiger partial charge is 0.144 e. The molecule has 0 aliphatic carbocycles. The molecule has 84 valence electrons. The Morgan fingerprint density at radius 3 is 2.47 bits per heavy atom. The second-order valence-electron chi connectivity index (χ2n) is 4.24. The first kappa shape index (κ1) is 11.9. The molecule has 1 aromatic rings. The summed E-state index contributed by atoms with van der Waals surface area (Å²) in [6, 6.07) is 2.00. The summed E-state index contributed by atoms with van der Waals surface area (Å²) in [5, 5.41) is 3.07. The molecule has 0 saturated heterocycles. The van der Waals surface area contributed by atoms with Crippen LogP contribution in [0.4, 0.5) is 5.82 Å². The van der Waals surface area contributed by atoms with E-state index in [0.717, 1.165) is 23.9 Å². The average molecular weight is 208 g/mol. The molecule has 0 atom stereocenters. The molecule has 1 heterocycles. The van der Waals surface area contributed by atoms with Crippen LogP contribution in [0.5, 0.6) is 0 Å². The summed E-state index contributed by atoms with van der Waals surface area (Å²) in [6.07, 6.45) is 0. The van der Waals surface area contributed by atoms with Gasteiger partial charge in [-0.1, -0.05) is 13.8 Å². The van der Waals surface area contributed by atoms with Gasteiger partial charge in [-0.2, -0.15) is 0 Å². The van der Waals surface area contributed by atoms with E-state index in [1.54, 1.807) is 0 Å². The van der Waals surface area contributed by atoms with E-state index in [1.165, 1.54) is 0 Å². The molecule has 4 nitrogen and oxygen atoms in total. The van der Waals surface area contributed by atoms with Crippen molar-refractivity contribution in [1.82, 2.24) is 14.9 Å². The Morgan fingerprint density at radius 1 is 1.33 bits per heavy atom. The number of rotatable bonds is 4. The van der Waals surface area contributed by atoms with Crippen LogP contribution in [0.2, 0.25) is 0 Å². The molecule has 0 fully saturated rings. The van der Waals surface area contributed by atoms with Crippen LogP contribution < -0.4 is 5.32 Å². The Morgan fingerprint density at radius 2 is 2.00 bits per heavy atom. The first-order chi connectivity index (χ1) is 7.02. The van der Waals surface area contributed by atoms with Crippen molar-refractivity contribution in [2.45, 2.75) is 26.3 Å². The predicted octanol–water partition coefficient (Wildman–Crippen LogP) is 1.70. The second-order valence-corrected chi connectivity index (χ2v) is 4.24. The van der Waals surface area contributed by atoms with Crippen LogP contribution >= 0.6 is 0 Å². The van der Waals surface area contributed by atoms with Crippen LogP contribution in [0.15, 0.2) is 6.07 Å². The molecule has 0 bridgehead atoms.